The minimum Gasteiger partial charge on any atom is -0.387 e. The lowest BCUT2D eigenvalue weighted by Gasteiger charge is -2.32. The van der Waals surface area contributed by atoms with Gasteiger partial charge < -0.3 is 25.7 Å². The van der Waals surface area contributed by atoms with E-state index in [4.69, 9.17) is 15.1 Å². The number of carbonyl (C=O) groups excluding carboxylic acids is 5. The molecule has 5 amide bonds. The standard InChI is InChI=1S/C45H47F2N9O6/c46-33-21-27(22-34(47)32(33)26-54-17-19-62-20-18-54)30-5-3-8-36-42(30)52-37(25-51-36)28(23-48)24-50-29-12-15-55(16-13-29)40(58)9-1-2-14-49-35-7-4-6-31-41(35)45(61)56(44(31)60)38-10-11-39(57)53-43(38)59/h3-8,21-25,29,38,48-50H,1-2,9-20,26H2,(H,53,57,59)/b28-24+,48-23?. The van der Waals surface area contributed by atoms with Crippen LogP contribution in [0.4, 0.5) is 14.5 Å². The van der Waals surface area contributed by atoms with Crippen LogP contribution < -0.4 is 16.0 Å². The number of nitrogens with zero attached hydrogens (tertiary/aromatic N) is 5. The molecule has 17 heteroatoms. The summed E-state index contributed by atoms with van der Waals surface area (Å²) in [6.07, 6.45) is 7.58. The highest BCUT2D eigenvalue weighted by molar-refractivity contribution is 6.25. The molecule has 0 radical (unpaired) electrons. The van der Waals surface area contributed by atoms with Gasteiger partial charge in [-0.25, -0.2) is 13.8 Å². The molecule has 1 atom stereocenters. The van der Waals surface area contributed by atoms with Gasteiger partial charge in [0, 0.05) is 93.0 Å². The summed E-state index contributed by atoms with van der Waals surface area (Å²) in [5, 5.41) is 17.0. The summed E-state index contributed by atoms with van der Waals surface area (Å²) in [5.41, 5.74) is 3.64. The summed E-state index contributed by atoms with van der Waals surface area (Å²) in [6, 6.07) is 11.9. The Kier molecular flexibility index (Phi) is 12.7. The Labute approximate surface area is 356 Å². The van der Waals surface area contributed by atoms with Gasteiger partial charge in [0.25, 0.3) is 11.8 Å². The first-order chi connectivity index (χ1) is 30.1. The second-order valence-electron chi connectivity index (χ2n) is 15.9. The first-order valence-corrected chi connectivity index (χ1v) is 21.0. The Morgan fingerprint density at radius 2 is 1.68 bits per heavy atom. The zero-order valence-electron chi connectivity index (χ0n) is 34.1. The van der Waals surface area contributed by atoms with Gasteiger partial charge in [0.1, 0.15) is 17.7 Å². The van der Waals surface area contributed by atoms with Crippen LogP contribution >= 0.6 is 0 Å². The molecule has 1 unspecified atom stereocenters. The predicted octanol–water partition coefficient (Wildman–Crippen LogP) is 4.66. The molecule has 5 heterocycles. The maximum absolute atomic E-state index is 15.4. The molecule has 322 valence electrons. The molecule has 15 nitrogen and oxygen atoms in total. The number of morpholine rings is 1. The molecule has 4 aliphatic heterocycles. The third-order valence-electron chi connectivity index (χ3n) is 11.9. The molecule has 62 heavy (non-hydrogen) atoms. The van der Waals surface area contributed by atoms with E-state index in [2.05, 4.69) is 20.9 Å². The first kappa shape index (κ1) is 42.2. The predicted molar refractivity (Wildman–Crippen MR) is 226 cm³/mol. The quantitative estimate of drug-likeness (QED) is 0.0785. The van der Waals surface area contributed by atoms with E-state index in [1.165, 1.54) is 18.3 Å². The van der Waals surface area contributed by atoms with Crippen molar-refractivity contribution in [1.29, 1.82) is 5.41 Å². The molecule has 3 aromatic carbocycles. The van der Waals surface area contributed by atoms with Crippen LogP contribution in [0.15, 0.2) is 60.9 Å². The Morgan fingerprint density at radius 3 is 2.42 bits per heavy atom. The van der Waals surface area contributed by atoms with Crippen molar-refractivity contribution in [3.05, 3.63) is 94.9 Å². The van der Waals surface area contributed by atoms with Crippen molar-refractivity contribution in [2.75, 3.05) is 51.3 Å². The number of benzene rings is 3. The minimum absolute atomic E-state index is 0.0131. The van der Waals surface area contributed by atoms with Gasteiger partial charge in [0.05, 0.1) is 47.3 Å². The number of hydrogen-bond acceptors (Lipinski definition) is 12. The number of anilines is 1. The van der Waals surface area contributed by atoms with Crippen LogP contribution in [0.3, 0.4) is 0 Å². The number of unbranched alkanes of at least 4 members (excludes halogenated alkanes) is 1. The number of para-hydroxylation sites is 1. The Bertz CT molecular complexity index is 2440. The fraction of sp³-hybridized carbons (Fsp3) is 0.378. The van der Waals surface area contributed by atoms with E-state index < -0.39 is 41.3 Å². The number of imide groups is 2. The van der Waals surface area contributed by atoms with Gasteiger partial charge in [-0.3, -0.25) is 44.1 Å². The van der Waals surface area contributed by atoms with Crippen molar-refractivity contribution in [3.63, 3.8) is 0 Å². The second-order valence-corrected chi connectivity index (χ2v) is 15.9. The zero-order valence-corrected chi connectivity index (χ0v) is 34.1. The van der Waals surface area contributed by atoms with E-state index in [0.29, 0.717) is 117 Å². The zero-order chi connectivity index (χ0) is 43.3. The van der Waals surface area contributed by atoms with E-state index in [9.17, 15) is 24.0 Å². The SMILES string of the molecule is N=C/C(=C\NC1CCN(C(=O)CCCCNc2cccc3c2C(=O)N(C2CCC(=O)NC2=O)C3=O)CC1)c1cnc2cccc(-c3cc(F)c(CN4CCOCC4)c(F)c3)c2n1. The van der Waals surface area contributed by atoms with Gasteiger partial charge >= 0.3 is 0 Å². The van der Waals surface area contributed by atoms with Crippen molar-refractivity contribution >= 4 is 58.0 Å². The average Bonchev–Trinajstić information content (AvgIpc) is 3.53. The Balaban J connectivity index is 0.818. The highest BCUT2D eigenvalue weighted by atomic mass is 19.1. The summed E-state index contributed by atoms with van der Waals surface area (Å²) in [6.45, 7) is 4.01. The monoisotopic (exact) mass is 847 g/mol. The number of fused-ring (bicyclic) bond motifs is 2. The molecule has 4 aliphatic rings. The molecular formula is C45H47F2N9O6. The van der Waals surface area contributed by atoms with Gasteiger partial charge in [-0.15, -0.1) is 0 Å². The van der Waals surface area contributed by atoms with Crippen LogP contribution in [0, 0.1) is 17.0 Å². The number of ether oxygens (including phenoxy) is 1. The number of allylic oxidation sites excluding steroid dienone is 1. The van der Waals surface area contributed by atoms with Gasteiger partial charge in [0.15, 0.2) is 0 Å². The van der Waals surface area contributed by atoms with Crippen LogP contribution in [0.25, 0.3) is 27.7 Å². The second kappa shape index (κ2) is 18.7. The normalized spacial score (nSPS) is 18.9. The summed E-state index contributed by atoms with van der Waals surface area (Å²) >= 11 is 0. The van der Waals surface area contributed by atoms with E-state index in [1.807, 2.05) is 9.80 Å². The van der Waals surface area contributed by atoms with E-state index in [0.717, 1.165) is 4.90 Å². The molecule has 3 saturated heterocycles. The first-order valence-electron chi connectivity index (χ1n) is 21.0. The Morgan fingerprint density at radius 1 is 0.935 bits per heavy atom. The number of hydrogen-bond donors (Lipinski definition) is 4. The van der Waals surface area contributed by atoms with Gasteiger partial charge in [-0.05, 0) is 68.0 Å². The molecule has 0 spiro atoms. The molecule has 8 rings (SSSR count). The number of nitrogens with one attached hydrogen (secondary N) is 4. The van der Waals surface area contributed by atoms with Crippen LogP contribution in [-0.2, 0) is 25.7 Å². The number of amides is 5. The number of carbonyl (C=O) groups is 5. The van der Waals surface area contributed by atoms with Crippen molar-refractivity contribution < 1.29 is 37.5 Å². The van der Waals surface area contributed by atoms with Gasteiger partial charge in [0.2, 0.25) is 17.7 Å². The molecule has 3 fully saturated rings. The molecule has 0 aliphatic carbocycles. The van der Waals surface area contributed by atoms with E-state index >= 15 is 8.78 Å². The van der Waals surface area contributed by atoms with Crippen molar-refractivity contribution in [2.45, 2.75) is 63.6 Å². The maximum Gasteiger partial charge on any atom is 0.264 e. The number of piperidine rings is 2. The third-order valence-corrected chi connectivity index (χ3v) is 11.9. The topological polar surface area (TPSA) is 190 Å². The van der Waals surface area contributed by atoms with Gasteiger partial charge in [-0.1, -0.05) is 18.2 Å². The highest BCUT2D eigenvalue weighted by Crippen LogP contribution is 2.33. The van der Waals surface area contributed by atoms with E-state index in [-0.39, 0.29) is 48.0 Å². The maximum atomic E-state index is 15.4. The number of rotatable bonds is 14. The van der Waals surface area contributed by atoms with Crippen LogP contribution in [-0.4, -0.2) is 118 Å². The van der Waals surface area contributed by atoms with Crippen molar-refractivity contribution in [2.24, 2.45) is 0 Å². The molecule has 0 saturated carbocycles. The highest BCUT2D eigenvalue weighted by Gasteiger charge is 2.45. The molecular weight excluding hydrogens is 801 g/mol. The number of aromatic nitrogens is 2. The van der Waals surface area contributed by atoms with E-state index in [1.54, 1.807) is 48.8 Å². The van der Waals surface area contributed by atoms with Crippen LogP contribution in [0.1, 0.15) is 76.9 Å². The van der Waals surface area contributed by atoms with Crippen LogP contribution in [0.5, 0.6) is 0 Å². The lowest BCUT2D eigenvalue weighted by atomic mass is 10.0. The third kappa shape index (κ3) is 8.95. The molecule has 4 aromatic rings. The molecule has 0 bridgehead atoms. The fourth-order valence-electron chi connectivity index (χ4n) is 8.43. The van der Waals surface area contributed by atoms with Crippen LogP contribution in [0.2, 0.25) is 0 Å². The molecule has 4 N–H and O–H groups in total. The fourth-order valence-corrected chi connectivity index (χ4v) is 8.43. The number of halogens is 2. The summed E-state index contributed by atoms with van der Waals surface area (Å²) in [5.74, 6) is -3.45. The smallest absolute Gasteiger partial charge is 0.264 e. The Hall–Kier alpha value is -6.46. The lowest BCUT2D eigenvalue weighted by molar-refractivity contribution is -0.136. The minimum atomic E-state index is -1.04. The number of likely N-dealkylation sites (tertiary alicyclic amines) is 1. The largest absolute Gasteiger partial charge is 0.387 e. The summed E-state index contributed by atoms with van der Waals surface area (Å²) in [7, 11) is 0. The summed E-state index contributed by atoms with van der Waals surface area (Å²) in [4.78, 5) is 77.8. The van der Waals surface area contributed by atoms with Crippen molar-refractivity contribution in [3.8, 4) is 11.1 Å². The van der Waals surface area contributed by atoms with Gasteiger partial charge in [-0.2, -0.15) is 0 Å². The lowest BCUT2D eigenvalue weighted by Crippen LogP contribution is -2.54. The molecule has 1 aromatic heterocycles. The average molecular weight is 848 g/mol. The van der Waals surface area contributed by atoms with Crippen molar-refractivity contribution in [1.82, 2.24) is 35.3 Å². The summed E-state index contributed by atoms with van der Waals surface area (Å²) < 4.78 is 36.1.